The molecular formula is C15H20Br2O. The fraction of sp³-hybridized carbons (Fsp3) is 0.533. The number of unbranched alkanes of at least 4 members (excludes halogenated alkanes) is 1. The molecule has 100 valence electrons. The number of carbonyl (C=O) groups excluding carboxylic acids is 1. The third kappa shape index (κ3) is 4.85. The van der Waals surface area contributed by atoms with Gasteiger partial charge in [-0.25, -0.2) is 0 Å². The first-order valence-corrected chi connectivity index (χ1v) is 8.15. The molecule has 0 aliphatic rings. The molecule has 0 fully saturated rings. The second-order valence-electron chi connectivity index (χ2n) is 4.67. The Hall–Kier alpha value is -0.150. The van der Waals surface area contributed by atoms with Crippen molar-refractivity contribution in [3.63, 3.8) is 0 Å². The van der Waals surface area contributed by atoms with Crippen molar-refractivity contribution in [3.05, 3.63) is 32.7 Å². The van der Waals surface area contributed by atoms with Gasteiger partial charge in [0, 0.05) is 20.9 Å². The lowest BCUT2D eigenvalue weighted by Gasteiger charge is -2.14. The Kier molecular flexibility index (Phi) is 7.16. The van der Waals surface area contributed by atoms with E-state index in [2.05, 4.69) is 45.7 Å². The van der Waals surface area contributed by atoms with Crippen LogP contribution in [0.1, 0.15) is 56.3 Å². The molecule has 0 aliphatic carbocycles. The Morgan fingerprint density at radius 3 is 2.56 bits per heavy atom. The monoisotopic (exact) mass is 374 g/mol. The molecule has 1 aromatic carbocycles. The Labute approximate surface area is 127 Å². The molecule has 0 saturated carbocycles. The van der Waals surface area contributed by atoms with E-state index in [0.717, 1.165) is 27.4 Å². The molecule has 0 N–H and O–H groups in total. The normalized spacial score (nSPS) is 12.4. The van der Waals surface area contributed by atoms with Crippen molar-refractivity contribution in [2.45, 2.75) is 46.0 Å². The quantitative estimate of drug-likeness (QED) is 0.534. The van der Waals surface area contributed by atoms with Gasteiger partial charge in [-0.3, -0.25) is 4.79 Å². The molecule has 0 amide bonds. The van der Waals surface area contributed by atoms with Gasteiger partial charge in [-0.15, -0.1) is 0 Å². The summed E-state index contributed by atoms with van der Waals surface area (Å²) < 4.78 is 1.87. The zero-order valence-corrected chi connectivity index (χ0v) is 14.2. The summed E-state index contributed by atoms with van der Waals surface area (Å²) in [5.41, 5.74) is 0.799. The van der Waals surface area contributed by atoms with E-state index in [4.69, 9.17) is 0 Å². The summed E-state index contributed by atoms with van der Waals surface area (Å²) in [4.78, 5) is 12.3. The maximum atomic E-state index is 12.3. The third-order valence-corrected chi connectivity index (χ3v) is 4.40. The van der Waals surface area contributed by atoms with Crippen molar-refractivity contribution in [2.24, 2.45) is 5.92 Å². The molecule has 3 heteroatoms. The molecule has 0 aromatic heterocycles. The van der Waals surface area contributed by atoms with E-state index >= 15 is 0 Å². The molecular weight excluding hydrogens is 356 g/mol. The topological polar surface area (TPSA) is 17.1 Å². The lowest BCUT2D eigenvalue weighted by molar-refractivity contribution is 0.0956. The van der Waals surface area contributed by atoms with Crippen LogP contribution < -0.4 is 0 Å². The summed E-state index contributed by atoms with van der Waals surface area (Å²) >= 11 is 6.86. The SMILES string of the molecule is CCCCC(CC)CC(=O)c1ccc(Br)cc1Br. The summed E-state index contributed by atoms with van der Waals surface area (Å²) in [5, 5.41) is 0. The fourth-order valence-electron chi connectivity index (χ4n) is 2.03. The van der Waals surface area contributed by atoms with Gasteiger partial charge >= 0.3 is 0 Å². The average Bonchev–Trinajstić information content (AvgIpc) is 2.34. The highest BCUT2D eigenvalue weighted by Crippen LogP contribution is 2.26. The Morgan fingerprint density at radius 2 is 2.00 bits per heavy atom. The number of benzene rings is 1. The molecule has 1 aromatic rings. The van der Waals surface area contributed by atoms with Crippen LogP contribution in [0.5, 0.6) is 0 Å². The van der Waals surface area contributed by atoms with Gasteiger partial charge in [0.2, 0.25) is 0 Å². The molecule has 1 unspecified atom stereocenters. The first-order valence-electron chi connectivity index (χ1n) is 6.56. The van der Waals surface area contributed by atoms with E-state index in [9.17, 15) is 4.79 Å². The maximum Gasteiger partial charge on any atom is 0.164 e. The Balaban J connectivity index is 2.68. The van der Waals surface area contributed by atoms with Crippen LogP contribution >= 0.6 is 31.9 Å². The van der Waals surface area contributed by atoms with Gasteiger partial charge in [-0.05, 0) is 24.1 Å². The molecule has 1 nitrogen and oxygen atoms in total. The van der Waals surface area contributed by atoms with Gasteiger partial charge in [0.15, 0.2) is 5.78 Å². The van der Waals surface area contributed by atoms with Gasteiger partial charge in [0.05, 0.1) is 0 Å². The number of ketones is 1. The molecule has 0 radical (unpaired) electrons. The second kappa shape index (κ2) is 8.11. The largest absolute Gasteiger partial charge is 0.294 e. The van der Waals surface area contributed by atoms with Crippen LogP contribution in [0.4, 0.5) is 0 Å². The van der Waals surface area contributed by atoms with E-state index in [0.29, 0.717) is 12.3 Å². The highest BCUT2D eigenvalue weighted by atomic mass is 79.9. The van der Waals surface area contributed by atoms with E-state index < -0.39 is 0 Å². The van der Waals surface area contributed by atoms with Crippen molar-refractivity contribution >= 4 is 37.6 Å². The lowest BCUT2D eigenvalue weighted by Crippen LogP contribution is -2.09. The minimum Gasteiger partial charge on any atom is -0.294 e. The maximum absolute atomic E-state index is 12.3. The molecule has 0 bridgehead atoms. The summed E-state index contributed by atoms with van der Waals surface area (Å²) in [6.07, 6.45) is 5.32. The van der Waals surface area contributed by atoms with Crippen molar-refractivity contribution in [3.8, 4) is 0 Å². The highest BCUT2D eigenvalue weighted by Gasteiger charge is 2.15. The van der Waals surface area contributed by atoms with E-state index in [1.54, 1.807) is 0 Å². The predicted molar refractivity (Wildman–Crippen MR) is 84.1 cm³/mol. The molecule has 0 spiro atoms. The first kappa shape index (κ1) is 15.9. The number of halogens is 2. The second-order valence-corrected chi connectivity index (χ2v) is 6.44. The Morgan fingerprint density at radius 1 is 1.28 bits per heavy atom. The summed E-state index contributed by atoms with van der Waals surface area (Å²) in [6, 6.07) is 5.74. The van der Waals surface area contributed by atoms with Gasteiger partial charge in [0.1, 0.15) is 0 Å². The number of rotatable bonds is 7. The van der Waals surface area contributed by atoms with Crippen LogP contribution in [0.15, 0.2) is 27.1 Å². The molecule has 0 saturated heterocycles. The molecule has 0 aliphatic heterocycles. The summed E-state index contributed by atoms with van der Waals surface area (Å²) in [7, 11) is 0. The van der Waals surface area contributed by atoms with E-state index in [1.165, 1.54) is 12.8 Å². The van der Waals surface area contributed by atoms with Crippen molar-refractivity contribution in [2.75, 3.05) is 0 Å². The van der Waals surface area contributed by atoms with Crippen LogP contribution in [0.25, 0.3) is 0 Å². The number of hydrogen-bond acceptors (Lipinski definition) is 1. The van der Waals surface area contributed by atoms with Crippen molar-refractivity contribution in [1.82, 2.24) is 0 Å². The highest BCUT2D eigenvalue weighted by molar-refractivity contribution is 9.11. The zero-order chi connectivity index (χ0) is 13.5. The lowest BCUT2D eigenvalue weighted by atomic mass is 9.91. The third-order valence-electron chi connectivity index (χ3n) is 3.25. The van der Waals surface area contributed by atoms with Crippen LogP contribution in [0.3, 0.4) is 0 Å². The standard InChI is InChI=1S/C15H20Br2O/c1-3-5-6-11(4-2)9-15(18)13-8-7-12(16)10-14(13)17/h7-8,10-11H,3-6,9H2,1-2H3. The number of carbonyl (C=O) groups is 1. The molecule has 18 heavy (non-hydrogen) atoms. The van der Waals surface area contributed by atoms with Crippen LogP contribution in [-0.4, -0.2) is 5.78 Å². The van der Waals surface area contributed by atoms with Crippen LogP contribution in [0.2, 0.25) is 0 Å². The van der Waals surface area contributed by atoms with Gasteiger partial charge < -0.3 is 0 Å². The van der Waals surface area contributed by atoms with E-state index in [1.807, 2.05) is 18.2 Å². The number of Topliss-reactive ketones (excluding diaryl/α,β-unsaturated/α-hetero) is 1. The summed E-state index contributed by atoms with van der Waals surface area (Å²) in [5.74, 6) is 0.769. The molecule has 1 atom stereocenters. The number of hydrogen-bond donors (Lipinski definition) is 0. The van der Waals surface area contributed by atoms with Gasteiger partial charge in [0.25, 0.3) is 0 Å². The molecule has 0 heterocycles. The average molecular weight is 376 g/mol. The van der Waals surface area contributed by atoms with Crippen molar-refractivity contribution < 1.29 is 4.79 Å². The summed E-state index contributed by atoms with van der Waals surface area (Å²) in [6.45, 7) is 4.37. The minimum atomic E-state index is 0.248. The van der Waals surface area contributed by atoms with Crippen LogP contribution in [0, 0.1) is 5.92 Å². The smallest absolute Gasteiger partial charge is 0.164 e. The predicted octanol–water partition coefficient (Wildman–Crippen LogP) is 6.00. The zero-order valence-electron chi connectivity index (χ0n) is 11.0. The molecule has 1 rings (SSSR count). The Bertz CT molecular complexity index is 401. The fourth-order valence-corrected chi connectivity index (χ4v) is 3.30. The van der Waals surface area contributed by atoms with Gasteiger partial charge in [-0.1, -0.05) is 71.4 Å². The van der Waals surface area contributed by atoms with Crippen LogP contribution in [-0.2, 0) is 0 Å². The first-order chi connectivity index (χ1) is 8.58. The minimum absolute atomic E-state index is 0.248. The van der Waals surface area contributed by atoms with E-state index in [-0.39, 0.29) is 5.78 Å². The van der Waals surface area contributed by atoms with Gasteiger partial charge in [-0.2, -0.15) is 0 Å². The van der Waals surface area contributed by atoms with Crippen molar-refractivity contribution in [1.29, 1.82) is 0 Å².